The van der Waals surface area contributed by atoms with Crippen molar-refractivity contribution in [2.45, 2.75) is 20.3 Å². The van der Waals surface area contributed by atoms with Crippen LogP contribution < -0.4 is 10.9 Å². The Hall–Kier alpha value is -2.37. The number of ether oxygens (including phenoxy) is 1. The molecule has 0 saturated heterocycles. The van der Waals surface area contributed by atoms with Crippen molar-refractivity contribution in [3.8, 4) is 0 Å². The number of rotatable bonds is 6. The number of carbonyl (C=O) groups is 2. The second-order valence-electron chi connectivity index (χ2n) is 3.97. The van der Waals surface area contributed by atoms with Crippen LogP contribution in [-0.4, -0.2) is 30.0 Å². The number of aromatic amines is 1. The number of hydrogen-bond acceptors (Lipinski definition) is 4. The van der Waals surface area contributed by atoms with Gasteiger partial charge in [-0.15, -0.1) is 0 Å². The van der Waals surface area contributed by atoms with Crippen molar-refractivity contribution in [3.63, 3.8) is 0 Å². The molecule has 1 amide bonds. The molecular weight excluding hydrogens is 260 g/mol. The summed E-state index contributed by atoms with van der Waals surface area (Å²) in [6.07, 6.45) is 5.00. The first-order chi connectivity index (χ1) is 9.58. The monoisotopic (exact) mass is 278 g/mol. The number of nitrogens with one attached hydrogen (secondary N) is 2. The van der Waals surface area contributed by atoms with E-state index in [-0.39, 0.29) is 12.1 Å². The molecule has 0 aliphatic carbocycles. The molecule has 0 atom stereocenters. The van der Waals surface area contributed by atoms with Crippen LogP contribution in [-0.2, 0) is 16.0 Å². The van der Waals surface area contributed by atoms with Gasteiger partial charge >= 0.3 is 5.97 Å². The second kappa shape index (κ2) is 7.93. The highest BCUT2D eigenvalue weighted by atomic mass is 16.5. The van der Waals surface area contributed by atoms with Crippen LogP contribution in [0.4, 0.5) is 0 Å². The van der Waals surface area contributed by atoms with Gasteiger partial charge in [0.2, 0.25) is 0 Å². The summed E-state index contributed by atoms with van der Waals surface area (Å²) in [5, 5.41) is 2.54. The van der Waals surface area contributed by atoms with Crippen LogP contribution in [0.25, 0.3) is 0 Å². The summed E-state index contributed by atoms with van der Waals surface area (Å²) in [6, 6.07) is 1.56. The molecule has 0 aromatic carbocycles. The van der Waals surface area contributed by atoms with Crippen LogP contribution in [0.15, 0.2) is 29.2 Å². The van der Waals surface area contributed by atoms with E-state index in [9.17, 15) is 14.4 Å². The topological polar surface area (TPSA) is 88.3 Å². The maximum Gasteiger partial charge on any atom is 0.330 e. The lowest BCUT2D eigenvalue weighted by Crippen LogP contribution is -2.29. The zero-order valence-corrected chi connectivity index (χ0v) is 11.6. The van der Waals surface area contributed by atoms with Gasteiger partial charge in [0, 0.05) is 18.8 Å². The zero-order valence-electron chi connectivity index (χ0n) is 11.6. The molecule has 0 radical (unpaired) electrons. The number of aromatic nitrogens is 1. The Morgan fingerprint density at radius 1 is 1.40 bits per heavy atom. The van der Waals surface area contributed by atoms with Crippen molar-refractivity contribution in [2.24, 2.45) is 0 Å². The maximum absolute atomic E-state index is 11.8. The minimum Gasteiger partial charge on any atom is -0.463 e. The molecule has 6 heteroatoms. The molecule has 0 saturated carbocycles. The first-order valence-corrected chi connectivity index (χ1v) is 6.41. The smallest absolute Gasteiger partial charge is 0.330 e. The van der Waals surface area contributed by atoms with E-state index in [0.29, 0.717) is 6.61 Å². The molecule has 1 rings (SSSR count). The highest BCUT2D eigenvalue weighted by molar-refractivity contribution is 5.94. The lowest BCUT2D eigenvalue weighted by Gasteiger charge is -2.03. The normalized spacial score (nSPS) is 10.5. The van der Waals surface area contributed by atoms with Crippen LogP contribution >= 0.6 is 0 Å². The molecule has 1 aromatic heterocycles. The van der Waals surface area contributed by atoms with Gasteiger partial charge in [0.1, 0.15) is 5.56 Å². The molecule has 1 heterocycles. The van der Waals surface area contributed by atoms with Crippen molar-refractivity contribution in [3.05, 3.63) is 45.9 Å². The number of aryl methyl sites for hydroxylation is 1. The van der Waals surface area contributed by atoms with E-state index >= 15 is 0 Å². The molecule has 0 spiro atoms. The van der Waals surface area contributed by atoms with E-state index < -0.39 is 17.4 Å². The number of amides is 1. The van der Waals surface area contributed by atoms with Crippen LogP contribution in [0.5, 0.6) is 0 Å². The average Bonchev–Trinajstić information content (AvgIpc) is 2.44. The summed E-state index contributed by atoms with van der Waals surface area (Å²) in [6.45, 7) is 4.08. The Morgan fingerprint density at radius 3 is 2.80 bits per heavy atom. The third kappa shape index (κ3) is 4.72. The highest BCUT2D eigenvalue weighted by Crippen LogP contribution is 1.99. The molecule has 0 unspecified atom stereocenters. The minimum absolute atomic E-state index is 0.0638. The predicted molar refractivity (Wildman–Crippen MR) is 74.5 cm³/mol. The van der Waals surface area contributed by atoms with Gasteiger partial charge < -0.3 is 15.0 Å². The van der Waals surface area contributed by atoms with E-state index in [4.69, 9.17) is 0 Å². The number of carbonyl (C=O) groups excluding carboxylic acids is 2. The van der Waals surface area contributed by atoms with E-state index in [1.54, 1.807) is 19.2 Å². The van der Waals surface area contributed by atoms with Gasteiger partial charge in [0.15, 0.2) is 0 Å². The van der Waals surface area contributed by atoms with Crippen LogP contribution in [0.3, 0.4) is 0 Å². The van der Waals surface area contributed by atoms with E-state index in [2.05, 4.69) is 15.0 Å². The molecule has 0 fully saturated rings. The largest absolute Gasteiger partial charge is 0.463 e. The van der Waals surface area contributed by atoms with E-state index in [0.717, 1.165) is 12.0 Å². The lowest BCUT2D eigenvalue weighted by atomic mass is 10.1. The molecule has 0 aliphatic heterocycles. The number of hydrogen-bond donors (Lipinski definition) is 2. The summed E-state index contributed by atoms with van der Waals surface area (Å²) in [5.41, 5.74) is 0.500. The van der Waals surface area contributed by atoms with Gasteiger partial charge in [0.25, 0.3) is 11.5 Å². The lowest BCUT2D eigenvalue weighted by molar-refractivity contribution is -0.137. The number of esters is 1. The first-order valence-electron chi connectivity index (χ1n) is 6.41. The standard InChI is InChI=1S/C14H18N2O4/c1-3-10-8-11(14(19)16-9-10)13(18)15-7-5-6-12(17)20-4-2/h5-6,8-9H,3-4,7H2,1-2H3,(H,15,18)(H,16,19)/b6-5+. The Labute approximate surface area is 116 Å². The quantitative estimate of drug-likeness (QED) is 0.594. The fourth-order valence-electron chi connectivity index (χ4n) is 1.49. The minimum atomic E-state index is -0.477. The van der Waals surface area contributed by atoms with E-state index in [1.165, 1.54) is 12.2 Å². The summed E-state index contributed by atoms with van der Waals surface area (Å²) in [5.74, 6) is -0.942. The van der Waals surface area contributed by atoms with Crippen LogP contribution in [0, 0.1) is 0 Å². The van der Waals surface area contributed by atoms with Crippen molar-refractivity contribution < 1.29 is 14.3 Å². The van der Waals surface area contributed by atoms with Gasteiger partial charge in [-0.25, -0.2) is 4.79 Å². The fourth-order valence-corrected chi connectivity index (χ4v) is 1.49. The van der Waals surface area contributed by atoms with Crippen molar-refractivity contribution in [1.29, 1.82) is 0 Å². The Balaban J connectivity index is 2.59. The predicted octanol–water partition coefficient (Wildman–Crippen LogP) is 0.786. The first kappa shape index (κ1) is 15.7. The molecular formula is C14H18N2O4. The Bertz CT molecular complexity index is 561. The number of pyridine rings is 1. The van der Waals surface area contributed by atoms with Gasteiger partial charge in [-0.3, -0.25) is 9.59 Å². The molecule has 2 N–H and O–H groups in total. The summed E-state index contributed by atoms with van der Waals surface area (Å²) >= 11 is 0. The van der Waals surface area contributed by atoms with Gasteiger partial charge in [0.05, 0.1) is 6.61 Å². The second-order valence-corrected chi connectivity index (χ2v) is 3.97. The molecule has 0 aliphatic rings. The zero-order chi connectivity index (χ0) is 15.0. The maximum atomic E-state index is 11.8. The fraction of sp³-hybridized carbons (Fsp3) is 0.357. The van der Waals surface area contributed by atoms with Crippen molar-refractivity contribution in [1.82, 2.24) is 10.3 Å². The van der Waals surface area contributed by atoms with Crippen LogP contribution in [0.2, 0.25) is 0 Å². The van der Waals surface area contributed by atoms with Gasteiger partial charge in [-0.05, 0) is 25.0 Å². The molecule has 0 bridgehead atoms. The number of H-pyrrole nitrogens is 1. The van der Waals surface area contributed by atoms with Crippen LogP contribution in [0.1, 0.15) is 29.8 Å². The Morgan fingerprint density at radius 2 is 2.15 bits per heavy atom. The molecule has 20 heavy (non-hydrogen) atoms. The highest BCUT2D eigenvalue weighted by Gasteiger charge is 2.09. The SMILES string of the molecule is CCOC(=O)/C=C/CNC(=O)c1cc(CC)c[nH]c1=O. The van der Waals surface area contributed by atoms with Crippen molar-refractivity contribution in [2.75, 3.05) is 13.2 Å². The summed E-state index contributed by atoms with van der Waals surface area (Å²) < 4.78 is 4.69. The van der Waals surface area contributed by atoms with Crippen molar-refractivity contribution >= 4 is 11.9 Å². The average molecular weight is 278 g/mol. The Kier molecular flexibility index (Phi) is 6.22. The molecule has 108 valence electrons. The van der Waals surface area contributed by atoms with Gasteiger partial charge in [-0.1, -0.05) is 13.0 Å². The molecule has 6 nitrogen and oxygen atoms in total. The van der Waals surface area contributed by atoms with Gasteiger partial charge in [-0.2, -0.15) is 0 Å². The summed E-state index contributed by atoms with van der Waals surface area (Å²) in [4.78, 5) is 36.9. The molecule has 1 aromatic rings. The summed E-state index contributed by atoms with van der Waals surface area (Å²) in [7, 11) is 0. The third-order valence-electron chi connectivity index (χ3n) is 2.54. The van der Waals surface area contributed by atoms with E-state index in [1.807, 2.05) is 6.92 Å². The third-order valence-corrected chi connectivity index (χ3v) is 2.54.